The van der Waals surface area contributed by atoms with Crippen molar-refractivity contribution >= 4 is 32.6 Å². The number of aromatic nitrogens is 3. The summed E-state index contributed by atoms with van der Waals surface area (Å²) in [5.74, 6) is -0.129. The highest BCUT2D eigenvalue weighted by Crippen LogP contribution is 2.30. The maximum atomic E-state index is 11.2. The van der Waals surface area contributed by atoms with Gasteiger partial charge in [0.25, 0.3) is 0 Å². The van der Waals surface area contributed by atoms with Gasteiger partial charge in [0.15, 0.2) is 5.13 Å². The van der Waals surface area contributed by atoms with Gasteiger partial charge in [0.05, 0.1) is 22.5 Å². The van der Waals surface area contributed by atoms with Crippen molar-refractivity contribution in [3.05, 3.63) is 30.5 Å². The summed E-state index contributed by atoms with van der Waals surface area (Å²) in [5.41, 5.74) is 2.63. The SMILES string of the molecule is CC(=O)Nc1nc2ccc(-c3ccnc(OCC(C)(C)C)n3)cc2s1. The van der Waals surface area contributed by atoms with Crippen molar-refractivity contribution in [1.82, 2.24) is 15.0 Å². The first-order valence-corrected chi connectivity index (χ1v) is 8.76. The number of ether oxygens (including phenoxy) is 1. The molecule has 0 spiro atoms. The van der Waals surface area contributed by atoms with Crippen LogP contribution >= 0.6 is 11.3 Å². The van der Waals surface area contributed by atoms with Crippen LogP contribution < -0.4 is 10.1 Å². The van der Waals surface area contributed by atoms with Crippen LogP contribution in [-0.2, 0) is 4.79 Å². The summed E-state index contributed by atoms with van der Waals surface area (Å²) in [5, 5.41) is 3.31. The number of rotatable bonds is 4. The van der Waals surface area contributed by atoms with E-state index in [9.17, 15) is 4.79 Å². The van der Waals surface area contributed by atoms with Crippen LogP contribution in [0.15, 0.2) is 30.5 Å². The molecule has 0 unspecified atom stereocenters. The fourth-order valence-corrected chi connectivity index (χ4v) is 3.09. The molecule has 3 aromatic rings. The van der Waals surface area contributed by atoms with E-state index in [1.807, 2.05) is 24.3 Å². The first-order chi connectivity index (χ1) is 11.8. The molecule has 1 N–H and O–H groups in total. The average molecular weight is 356 g/mol. The molecule has 3 rings (SSSR count). The van der Waals surface area contributed by atoms with E-state index in [1.54, 1.807) is 6.20 Å². The van der Waals surface area contributed by atoms with Crippen LogP contribution in [0, 0.1) is 5.41 Å². The van der Waals surface area contributed by atoms with E-state index >= 15 is 0 Å². The van der Waals surface area contributed by atoms with Crippen LogP contribution in [0.5, 0.6) is 6.01 Å². The smallest absolute Gasteiger partial charge is 0.316 e. The van der Waals surface area contributed by atoms with E-state index in [2.05, 4.69) is 41.0 Å². The lowest BCUT2D eigenvalue weighted by atomic mass is 9.99. The molecule has 130 valence electrons. The molecule has 0 atom stereocenters. The minimum absolute atomic E-state index is 0.0427. The van der Waals surface area contributed by atoms with Crippen LogP contribution in [0.4, 0.5) is 5.13 Å². The zero-order chi connectivity index (χ0) is 18.0. The van der Waals surface area contributed by atoms with Crippen molar-refractivity contribution in [1.29, 1.82) is 0 Å². The van der Waals surface area contributed by atoms with Gasteiger partial charge in [-0.25, -0.2) is 9.97 Å². The fourth-order valence-electron chi connectivity index (χ4n) is 2.14. The van der Waals surface area contributed by atoms with Crippen molar-refractivity contribution in [2.24, 2.45) is 5.41 Å². The lowest BCUT2D eigenvalue weighted by Crippen LogP contribution is -2.17. The normalized spacial score (nSPS) is 11.5. The molecule has 0 saturated carbocycles. The maximum absolute atomic E-state index is 11.2. The van der Waals surface area contributed by atoms with Gasteiger partial charge in [0.2, 0.25) is 5.91 Å². The van der Waals surface area contributed by atoms with E-state index in [4.69, 9.17) is 4.74 Å². The molecule has 6 nitrogen and oxygen atoms in total. The Hall–Kier alpha value is -2.54. The van der Waals surface area contributed by atoms with Crippen molar-refractivity contribution < 1.29 is 9.53 Å². The van der Waals surface area contributed by atoms with E-state index in [0.29, 0.717) is 17.7 Å². The van der Waals surface area contributed by atoms with Gasteiger partial charge >= 0.3 is 6.01 Å². The summed E-state index contributed by atoms with van der Waals surface area (Å²) in [6.07, 6.45) is 1.69. The van der Waals surface area contributed by atoms with Gasteiger partial charge in [-0.15, -0.1) is 0 Å². The molecule has 0 fully saturated rings. The number of carbonyl (C=O) groups is 1. The van der Waals surface area contributed by atoms with Gasteiger partial charge < -0.3 is 10.1 Å². The van der Waals surface area contributed by atoms with E-state index in [0.717, 1.165) is 21.5 Å². The number of nitrogens with zero attached hydrogens (tertiary/aromatic N) is 3. The van der Waals surface area contributed by atoms with E-state index < -0.39 is 0 Å². The maximum Gasteiger partial charge on any atom is 0.316 e. The largest absolute Gasteiger partial charge is 0.463 e. The van der Waals surface area contributed by atoms with Gasteiger partial charge in [0.1, 0.15) is 0 Å². The molecule has 2 aromatic heterocycles. The molecule has 7 heteroatoms. The van der Waals surface area contributed by atoms with Crippen LogP contribution in [0.1, 0.15) is 27.7 Å². The van der Waals surface area contributed by atoms with Gasteiger partial charge in [-0.3, -0.25) is 4.79 Å². The number of thiazole rings is 1. The second-order valence-electron chi connectivity index (χ2n) is 6.96. The van der Waals surface area contributed by atoms with Crippen LogP contribution in [0.3, 0.4) is 0 Å². The standard InChI is InChI=1S/C18H20N4O2S/c1-11(23)20-17-22-14-6-5-12(9-15(14)25-17)13-7-8-19-16(21-13)24-10-18(2,3)4/h5-9H,10H2,1-4H3,(H,20,22,23). The van der Waals surface area contributed by atoms with Crippen molar-refractivity contribution in [2.75, 3.05) is 11.9 Å². The Labute approximate surface area is 150 Å². The van der Waals surface area contributed by atoms with Crippen LogP contribution in [0.25, 0.3) is 21.5 Å². The highest BCUT2D eigenvalue weighted by atomic mass is 32.1. The number of anilines is 1. The summed E-state index contributed by atoms with van der Waals surface area (Å²) in [6, 6.07) is 8.10. The number of nitrogens with one attached hydrogen (secondary N) is 1. The third kappa shape index (κ3) is 4.51. The Morgan fingerprint density at radius 1 is 1.24 bits per heavy atom. The Morgan fingerprint density at radius 3 is 2.76 bits per heavy atom. The third-order valence-corrected chi connectivity index (χ3v) is 4.17. The molecule has 0 aliphatic carbocycles. The number of benzene rings is 1. The highest BCUT2D eigenvalue weighted by Gasteiger charge is 2.13. The molecular weight excluding hydrogens is 336 g/mol. The summed E-state index contributed by atoms with van der Waals surface area (Å²) < 4.78 is 6.67. The monoisotopic (exact) mass is 356 g/mol. The van der Waals surface area contributed by atoms with E-state index in [1.165, 1.54) is 18.3 Å². The van der Waals surface area contributed by atoms with Gasteiger partial charge in [0, 0.05) is 18.7 Å². The zero-order valence-corrected chi connectivity index (χ0v) is 15.5. The van der Waals surface area contributed by atoms with Gasteiger partial charge in [-0.2, -0.15) is 4.98 Å². The molecule has 0 saturated heterocycles. The predicted octanol–water partition coefficient (Wildman–Crippen LogP) is 4.14. The van der Waals surface area contributed by atoms with Gasteiger partial charge in [-0.05, 0) is 23.6 Å². The average Bonchev–Trinajstić information content (AvgIpc) is 2.93. The molecule has 0 aliphatic heterocycles. The molecular formula is C18H20N4O2S. The topological polar surface area (TPSA) is 77.0 Å². The van der Waals surface area contributed by atoms with Gasteiger partial charge in [-0.1, -0.05) is 38.2 Å². The molecule has 1 amide bonds. The number of carbonyl (C=O) groups excluding carboxylic acids is 1. The third-order valence-electron chi connectivity index (χ3n) is 3.23. The highest BCUT2D eigenvalue weighted by molar-refractivity contribution is 7.22. The van der Waals surface area contributed by atoms with Crippen molar-refractivity contribution in [3.63, 3.8) is 0 Å². The Morgan fingerprint density at radius 2 is 2.04 bits per heavy atom. The van der Waals surface area contributed by atoms with Crippen LogP contribution in [-0.4, -0.2) is 27.5 Å². The predicted molar refractivity (Wildman–Crippen MR) is 99.9 cm³/mol. The quantitative estimate of drug-likeness (QED) is 0.760. The van der Waals surface area contributed by atoms with Crippen molar-refractivity contribution in [3.8, 4) is 17.3 Å². The van der Waals surface area contributed by atoms with Crippen LogP contribution in [0.2, 0.25) is 0 Å². The number of hydrogen-bond donors (Lipinski definition) is 1. The number of amides is 1. The fraction of sp³-hybridized carbons (Fsp3) is 0.333. The molecule has 0 radical (unpaired) electrons. The van der Waals surface area contributed by atoms with E-state index in [-0.39, 0.29) is 11.3 Å². The number of fused-ring (bicyclic) bond motifs is 1. The lowest BCUT2D eigenvalue weighted by molar-refractivity contribution is -0.114. The summed E-state index contributed by atoms with van der Waals surface area (Å²) in [4.78, 5) is 24.2. The molecule has 0 bridgehead atoms. The second kappa shape index (κ2) is 6.76. The second-order valence-corrected chi connectivity index (χ2v) is 7.99. The molecule has 25 heavy (non-hydrogen) atoms. The number of hydrogen-bond acceptors (Lipinski definition) is 6. The minimum atomic E-state index is -0.129. The molecule has 1 aromatic carbocycles. The van der Waals surface area contributed by atoms with Crippen molar-refractivity contribution in [2.45, 2.75) is 27.7 Å². The first kappa shape index (κ1) is 17.3. The molecule has 2 heterocycles. The Balaban J connectivity index is 1.87. The Kier molecular flexibility index (Phi) is 4.67. The summed E-state index contributed by atoms with van der Waals surface area (Å²) >= 11 is 1.43. The Bertz CT molecular complexity index is 915. The molecule has 0 aliphatic rings. The lowest BCUT2D eigenvalue weighted by Gasteiger charge is -2.17. The summed E-state index contributed by atoms with van der Waals surface area (Å²) in [6.45, 7) is 8.31. The summed E-state index contributed by atoms with van der Waals surface area (Å²) in [7, 11) is 0. The minimum Gasteiger partial charge on any atom is -0.463 e. The zero-order valence-electron chi connectivity index (χ0n) is 14.7. The first-order valence-electron chi connectivity index (χ1n) is 7.95.